The second-order valence-electron chi connectivity index (χ2n) is 4.90. The molecule has 8 heteroatoms. The first-order valence-electron chi connectivity index (χ1n) is 6.62. The zero-order valence-corrected chi connectivity index (χ0v) is 13.4. The third-order valence-corrected chi connectivity index (χ3v) is 4.65. The fourth-order valence-electron chi connectivity index (χ4n) is 2.06. The van der Waals surface area contributed by atoms with E-state index in [2.05, 4.69) is 15.4 Å². The van der Waals surface area contributed by atoms with E-state index in [4.69, 9.17) is 0 Å². The summed E-state index contributed by atoms with van der Waals surface area (Å²) in [7, 11) is -3.38. The lowest BCUT2D eigenvalue weighted by Crippen LogP contribution is -2.39. The van der Waals surface area contributed by atoms with Crippen LogP contribution in [0.2, 0.25) is 0 Å². The lowest BCUT2D eigenvalue weighted by molar-refractivity contribution is -0.116. The Labute approximate surface area is 129 Å². The largest absolute Gasteiger partial charge is 0.324 e. The van der Waals surface area contributed by atoms with Gasteiger partial charge < -0.3 is 10.6 Å². The summed E-state index contributed by atoms with van der Waals surface area (Å²) < 4.78 is 25.0. The molecule has 1 fully saturated rings. The smallest absolute Gasteiger partial charge is 0.229 e. The zero-order chi connectivity index (χ0) is 15.3. The van der Waals surface area contributed by atoms with Crippen LogP contribution in [-0.2, 0) is 14.8 Å². The van der Waals surface area contributed by atoms with E-state index in [1.54, 1.807) is 24.3 Å². The van der Waals surface area contributed by atoms with Crippen molar-refractivity contribution in [2.24, 2.45) is 0 Å². The van der Waals surface area contributed by atoms with Crippen molar-refractivity contribution in [1.29, 1.82) is 0 Å². The van der Waals surface area contributed by atoms with Gasteiger partial charge in [-0.25, -0.2) is 8.42 Å². The van der Waals surface area contributed by atoms with E-state index in [1.807, 2.05) is 11.8 Å². The van der Waals surface area contributed by atoms with Crippen molar-refractivity contribution in [3.63, 3.8) is 0 Å². The highest BCUT2D eigenvalue weighted by Gasteiger charge is 2.17. The Morgan fingerprint density at radius 1 is 1.38 bits per heavy atom. The number of para-hydroxylation sites is 2. The lowest BCUT2D eigenvalue weighted by atomic mass is 10.2. The highest BCUT2D eigenvalue weighted by Crippen LogP contribution is 2.22. The molecule has 116 valence electrons. The van der Waals surface area contributed by atoms with Crippen molar-refractivity contribution in [1.82, 2.24) is 5.32 Å². The monoisotopic (exact) mass is 329 g/mol. The molecule has 1 aliphatic rings. The van der Waals surface area contributed by atoms with Crippen molar-refractivity contribution in [3.8, 4) is 0 Å². The first-order chi connectivity index (χ1) is 9.94. The Kier molecular flexibility index (Phi) is 5.49. The van der Waals surface area contributed by atoms with E-state index < -0.39 is 10.0 Å². The van der Waals surface area contributed by atoms with Crippen LogP contribution < -0.4 is 15.4 Å². The molecule has 6 nitrogen and oxygen atoms in total. The summed E-state index contributed by atoms with van der Waals surface area (Å²) in [4.78, 5) is 12.1. The van der Waals surface area contributed by atoms with E-state index in [0.717, 1.165) is 24.3 Å². The number of thioether (sulfide) groups is 1. The maximum Gasteiger partial charge on any atom is 0.229 e. The molecule has 0 aromatic heterocycles. The summed E-state index contributed by atoms with van der Waals surface area (Å²) in [6.07, 6.45) is 1.45. The van der Waals surface area contributed by atoms with Crippen LogP contribution in [0.25, 0.3) is 0 Å². The quantitative estimate of drug-likeness (QED) is 0.753. The van der Waals surface area contributed by atoms with Gasteiger partial charge in [0, 0.05) is 30.5 Å². The Bertz CT molecular complexity index is 598. The molecule has 1 aromatic rings. The zero-order valence-electron chi connectivity index (χ0n) is 11.8. The summed E-state index contributed by atoms with van der Waals surface area (Å²) in [5, 5.41) is 6.06. The Morgan fingerprint density at radius 2 is 2.10 bits per heavy atom. The number of amides is 1. The maximum atomic E-state index is 12.1. The third kappa shape index (κ3) is 5.56. The van der Waals surface area contributed by atoms with E-state index >= 15 is 0 Å². The van der Waals surface area contributed by atoms with Crippen LogP contribution >= 0.6 is 11.8 Å². The molecule has 2 rings (SSSR count). The highest BCUT2D eigenvalue weighted by atomic mass is 32.2. The van der Waals surface area contributed by atoms with Gasteiger partial charge in [-0.15, -0.1) is 0 Å². The Hall–Kier alpha value is -1.25. The molecule has 0 spiro atoms. The molecule has 1 unspecified atom stereocenters. The minimum Gasteiger partial charge on any atom is -0.324 e. The van der Waals surface area contributed by atoms with Gasteiger partial charge in [0.1, 0.15) is 0 Å². The lowest BCUT2D eigenvalue weighted by Gasteiger charge is -2.22. The fraction of sp³-hybridized carbons (Fsp3) is 0.462. The maximum absolute atomic E-state index is 12.1. The van der Waals surface area contributed by atoms with E-state index in [0.29, 0.717) is 17.8 Å². The predicted molar refractivity (Wildman–Crippen MR) is 87.3 cm³/mol. The first-order valence-corrected chi connectivity index (χ1v) is 9.66. The van der Waals surface area contributed by atoms with Gasteiger partial charge in [0.25, 0.3) is 0 Å². The molecule has 3 N–H and O–H groups in total. The minimum absolute atomic E-state index is 0.127. The number of hydrogen-bond donors (Lipinski definition) is 3. The van der Waals surface area contributed by atoms with E-state index in [9.17, 15) is 13.2 Å². The molecule has 1 aliphatic heterocycles. The van der Waals surface area contributed by atoms with Crippen LogP contribution in [0.15, 0.2) is 24.3 Å². The van der Waals surface area contributed by atoms with Crippen LogP contribution in [0.1, 0.15) is 6.42 Å². The predicted octanol–water partition coefficient (Wildman–Crippen LogP) is 1.09. The number of sulfonamides is 1. The van der Waals surface area contributed by atoms with Gasteiger partial charge in [-0.3, -0.25) is 9.52 Å². The molecule has 21 heavy (non-hydrogen) atoms. The molecule has 1 saturated heterocycles. The second kappa shape index (κ2) is 7.15. The molecule has 0 bridgehead atoms. The molecular formula is C13H19N3O3S2. The van der Waals surface area contributed by atoms with Gasteiger partial charge in [0.2, 0.25) is 15.9 Å². The van der Waals surface area contributed by atoms with Crippen molar-refractivity contribution in [2.75, 3.05) is 34.3 Å². The first kappa shape index (κ1) is 16.1. The normalized spacial score (nSPS) is 19.0. The molecule has 1 atom stereocenters. The summed E-state index contributed by atoms with van der Waals surface area (Å²) in [5.74, 6) is 1.85. The third-order valence-electron chi connectivity index (χ3n) is 2.93. The van der Waals surface area contributed by atoms with Crippen molar-refractivity contribution in [2.45, 2.75) is 12.5 Å². The second-order valence-corrected chi connectivity index (χ2v) is 7.80. The molecule has 1 amide bonds. The van der Waals surface area contributed by atoms with Crippen LogP contribution in [0, 0.1) is 0 Å². The van der Waals surface area contributed by atoms with Crippen LogP contribution in [0.3, 0.4) is 0 Å². The number of nitrogens with one attached hydrogen (secondary N) is 3. The number of carbonyl (C=O) groups excluding carboxylic acids is 1. The topological polar surface area (TPSA) is 87.3 Å². The van der Waals surface area contributed by atoms with Crippen LogP contribution in [-0.4, -0.2) is 44.7 Å². The number of hydrogen-bond acceptors (Lipinski definition) is 5. The molecule has 0 saturated carbocycles. The summed E-state index contributed by atoms with van der Waals surface area (Å²) >= 11 is 1.83. The van der Waals surface area contributed by atoms with Gasteiger partial charge in [0.05, 0.1) is 17.6 Å². The highest BCUT2D eigenvalue weighted by molar-refractivity contribution is 7.99. The summed E-state index contributed by atoms with van der Waals surface area (Å²) in [5.41, 5.74) is 0.843. The van der Waals surface area contributed by atoms with Crippen molar-refractivity contribution < 1.29 is 13.2 Å². The van der Waals surface area contributed by atoms with E-state index in [-0.39, 0.29) is 11.9 Å². The van der Waals surface area contributed by atoms with Gasteiger partial charge in [0.15, 0.2) is 0 Å². The summed E-state index contributed by atoms with van der Waals surface area (Å²) in [6.45, 7) is 0.912. The van der Waals surface area contributed by atoms with E-state index in [1.165, 1.54) is 0 Å². The average molecular weight is 329 g/mol. The molecule has 0 aliphatic carbocycles. The van der Waals surface area contributed by atoms with Crippen molar-refractivity contribution in [3.05, 3.63) is 24.3 Å². The number of carbonyl (C=O) groups is 1. The van der Waals surface area contributed by atoms with Crippen LogP contribution in [0.5, 0.6) is 0 Å². The molecule has 1 aromatic carbocycles. The number of benzene rings is 1. The average Bonchev–Trinajstić information content (AvgIpc) is 2.40. The molecule has 1 heterocycles. The number of rotatable bonds is 5. The van der Waals surface area contributed by atoms with Gasteiger partial charge in [-0.05, 0) is 12.1 Å². The fourth-order valence-corrected chi connectivity index (χ4v) is 3.58. The minimum atomic E-state index is -3.38. The number of anilines is 2. The van der Waals surface area contributed by atoms with Gasteiger partial charge >= 0.3 is 0 Å². The van der Waals surface area contributed by atoms with Crippen LogP contribution in [0.4, 0.5) is 11.4 Å². The van der Waals surface area contributed by atoms with Crippen molar-refractivity contribution >= 4 is 39.1 Å². The molecular weight excluding hydrogens is 310 g/mol. The Morgan fingerprint density at radius 3 is 2.71 bits per heavy atom. The summed E-state index contributed by atoms with van der Waals surface area (Å²) in [6, 6.07) is 6.92. The standard InChI is InChI=1S/C13H19N3O3S2/c1-21(18,19)16-12-5-3-2-4-11(12)15-13(17)8-10-9-20-7-6-14-10/h2-5,10,14,16H,6-9H2,1H3,(H,15,17). The molecule has 0 radical (unpaired) electrons. The Balaban J connectivity index is 2.00. The SMILES string of the molecule is CS(=O)(=O)Nc1ccccc1NC(=O)CC1CSCCN1. The van der Waals surface area contributed by atoms with Gasteiger partial charge in [-0.1, -0.05) is 12.1 Å². The van der Waals surface area contributed by atoms with Gasteiger partial charge in [-0.2, -0.15) is 11.8 Å².